The number of nitrogens with zero attached hydrogens (tertiary/aromatic N) is 1. The molecule has 0 saturated carbocycles. The zero-order valence-corrected chi connectivity index (χ0v) is 6.14. The highest BCUT2D eigenvalue weighted by Gasteiger charge is 2.19. The molecule has 0 aliphatic carbocycles. The summed E-state index contributed by atoms with van der Waals surface area (Å²) < 4.78 is 0. The molecule has 1 N–H and O–H groups in total. The lowest BCUT2D eigenvalue weighted by Gasteiger charge is -2.24. The van der Waals surface area contributed by atoms with Gasteiger partial charge >= 0.3 is 0 Å². The van der Waals surface area contributed by atoms with Gasteiger partial charge in [0.1, 0.15) is 0 Å². The summed E-state index contributed by atoms with van der Waals surface area (Å²) in [4.78, 5) is 3.94. The number of aliphatic imine (C=N–C) groups is 1. The van der Waals surface area contributed by atoms with Crippen molar-refractivity contribution in [3.63, 3.8) is 0 Å². The molecule has 0 saturated heterocycles. The fraction of sp³-hybridized carbons (Fsp3) is 0.286. The summed E-state index contributed by atoms with van der Waals surface area (Å²) in [7, 11) is 0. The lowest BCUT2D eigenvalue weighted by molar-refractivity contribution is 0.728. The highest BCUT2D eigenvalue weighted by molar-refractivity contribution is 8.03. The first-order valence-electron chi connectivity index (χ1n) is 3.15. The van der Waals surface area contributed by atoms with E-state index in [1.165, 1.54) is 0 Å². The van der Waals surface area contributed by atoms with Crippen molar-refractivity contribution in [2.45, 2.75) is 11.3 Å². The molecule has 0 fully saturated rings. The Morgan fingerprint density at radius 1 is 1.60 bits per heavy atom. The van der Waals surface area contributed by atoms with E-state index in [1.54, 1.807) is 11.8 Å². The molecule has 2 heterocycles. The molecule has 1 radical (unpaired) electrons. The second-order valence-corrected chi connectivity index (χ2v) is 3.26. The van der Waals surface area contributed by atoms with Crippen molar-refractivity contribution in [2.75, 3.05) is 0 Å². The van der Waals surface area contributed by atoms with Crippen molar-refractivity contribution in [2.24, 2.45) is 4.99 Å². The molecule has 2 atom stereocenters. The van der Waals surface area contributed by atoms with E-state index in [-0.39, 0.29) is 0 Å². The van der Waals surface area contributed by atoms with Crippen molar-refractivity contribution in [1.29, 1.82) is 0 Å². The van der Waals surface area contributed by atoms with Crippen LogP contribution in [0.5, 0.6) is 0 Å². The standard InChI is InChI=1S/C7H7N2S/c1-2-8-5-7-6(1)9-3-4-10-7/h1,3-7,9H. The topological polar surface area (TPSA) is 24.4 Å². The first kappa shape index (κ1) is 6.04. The maximum absolute atomic E-state index is 3.94. The molecule has 51 valence electrons. The summed E-state index contributed by atoms with van der Waals surface area (Å²) >= 11 is 1.78. The highest BCUT2D eigenvalue weighted by Crippen LogP contribution is 2.20. The van der Waals surface area contributed by atoms with Crippen LogP contribution in [0.25, 0.3) is 0 Å². The quantitative estimate of drug-likeness (QED) is 0.557. The SMILES string of the molecule is [C]1=CC2NC=CSC2C=N1. The van der Waals surface area contributed by atoms with Gasteiger partial charge in [-0.15, -0.1) is 11.8 Å². The molecular weight excluding hydrogens is 144 g/mol. The largest absolute Gasteiger partial charge is 0.383 e. The predicted octanol–water partition coefficient (Wildman–Crippen LogP) is 0.932. The number of thioether (sulfide) groups is 1. The third-order valence-corrected chi connectivity index (χ3v) is 2.52. The van der Waals surface area contributed by atoms with E-state index in [4.69, 9.17) is 0 Å². The van der Waals surface area contributed by atoms with Crippen LogP contribution >= 0.6 is 11.8 Å². The molecular formula is C7H7N2S. The van der Waals surface area contributed by atoms with Gasteiger partial charge < -0.3 is 5.32 Å². The fourth-order valence-electron chi connectivity index (χ4n) is 0.971. The second kappa shape index (κ2) is 2.50. The van der Waals surface area contributed by atoms with Crippen LogP contribution in [0.3, 0.4) is 0 Å². The van der Waals surface area contributed by atoms with Gasteiger partial charge in [-0.1, -0.05) is 0 Å². The van der Waals surface area contributed by atoms with E-state index in [0.29, 0.717) is 11.3 Å². The Morgan fingerprint density at radius 3 is 3.50 bits per heavy atom. The van der Waals surface area contributed by atoms with Crippen LogP contribution in [0.4, 0.5) is 0 Å². The number of rotatable bonds is 0. The Balaban J connectivity index is 2.19. The average Bonchev–Trinajstić information content (AvgIpc) is 2.05. The molecule has 2 nitrogen and oxygen atoms in total. The van der Waals surface area contributed by atoms with Gasteiger partial charge in [0.05, 0.1) is 17.5 Å². The Morgan fingerprint density at radius 2 is 2.60 bits per heavy atom. The Labute approximate surface area is 64.1 Å². The lowest BCUT2D eigenvalue weighted by Crippen LogP contribution is -2.37. The zero-order valence-electron chi connectivity index (χ0n) is 5.32. The molecule has 0 amide bonds. The Bertz CT molecular complexity index is 186. The van der Waals surface area contributed by atoms with E-state index in [9.17, 15) is 0 Å². The average molecular weight is 151 g/mol. The lowest BCUT2D eigenvalue weighted by atomic mass is 10.2. The first-order chi connectivity index (χ1) is 4.97. The van der Waals surface area contributed by atoms with Gasteiger partial charge in [0, 0.05) is 12.4 Å². The van der Waals surface area contributed by atoms with Gasteiger partial charge in [0.15, 0.2) is 0 Å². The van der Waals surface area contributed by atoms with Crippen molar-refractivity contribution in [3.05, 3.63) is 23.9 Å². The molecule has 0 aromatic carbocycles. The monoisotopic (exact) mass is 151 g/mol. The van der Waals surface area contributed by atoms with Gasteiger partial charge in [0.2, 0.25) is 0 Å². The van der Waals surface area contributed by atoms with E-state index in [0.717, 1.165) is 0 Å². The van der Waals surface area contributed by atoms with Crippen LogP contribution in [-0.2, 0) is 0 Å². The summed E-state index contributed by atoms with van der Waals surface area (Å²) in [6, 6.07) is 0.396. The number of hydrogen-bond acceptors (Lipinski definition) is 3. The zero-order chi connectivity index (χ0) is 6.81. The third-order valence-electron chi connectivity index (χ3n) is 1.50. The van der Waals surface area contributed by atoms with Gasteiger partial charge in [-0.3, -0.25) is 4.99 Å². The molecule has 2 aliphatic heterocycles. The summed E-state index contributed by atoms with van der Waals surface area (Å²) in [5.41, 5.74) is 0. The van der Waals surface area contributed by atoms with Crippen LogP contribution < -0.4 is 5.32 Å². The Kier molecular flexibility index (Phi) is 1.51. The van der Waals surface area contributed by atoms with Crippen molar-refractivity contribution >= 4 is 18.0 Å². The molecule has 2 aliphatic rings. The van der Waals surface area contributed by atoms with Gasteiger partial charge in [0.25, 0.3) is 0 Å². The smallest absolute Gasteiger partial charge is 0.0861 e. The van der Waals surface area contributed by atoms with E-state index >= 15 is 0 Å². The summed E-state index contributed by atoms with van der Waals surface area (Å²) in [6.45, 7) is 0. The van der Waals surface area contributed by atoms with Crippen LogP contribution in [0, 0.1) is 6.20 Å². The van der Waals surface area contributed by atoms with Crippen LogP contribution in [0.2, 0.25) is 0 Å². The number of hydrogen-bond donors (Lipinski definition) is 1. The second-order valence-electron chi connectivity index (χ2n) is 2.17. The van der Waals surface area contributed by atoms with E-state index in [1.807, 2.05) is 23.9 Å². The molecule has 2 unspecified atom stereocenters. The molecule has 2 rings (SSSR count). The van der Waals surface area contributed by atoms with Gasteiger partial charge in [-0.2, -0.15) is 0 Å². The Hall–Kier alpha value is -0.700. The maximum atomic E-state index is 3.94. The van der Waals surface area contributed by atoms with Crippen LogP contribution in [0.15, 0.2) is 22.7 Å². The van der Waals surface area contributed by atoms with E-state index < -0.39 is 0 Å². The number of fused-ring (bicyclic) bond motifs is 1. The molecule has 3 heteroatoms. The molecule has 0 aromatic rings. The summed E-state index contributed by atoms with van der Waals surface area (Å²) in [6.07, 6.45) is 8.66. The molecule has 0 aromatic heterocycles. The van der Waals surface area contributed by atoms with Crippen LogP contribution in [0.1, 0.15) is 0 Å². The summed E-state index contributed by atoms with van der Waals surface area (Å²) in [5.74, 6) is 0. The molecule has 0 bridgehead atoms. The fourth-order valence-corrected chi connectivity index (χ4v) is 1.77. The summed E-state index contributed by atoms with van der Waals surface area (Å²) in [5, 5.41) is 5.72. The molecule has 0 spiro atoms. The minimum Gasteiger partial charge on any atom is -0.383 e. The van der Waals surface area contributed by atoms with Crippen molar-refractivity contribution in [1.82, 2.24) is 5.32 Å². The normalized spacial score (nSPS) is 35.2. The van der Waals surface area contributed by atoms with Gasteiger partial charge in [-0.05, 0) is 11.5 Å². The molecule has 10 heavy (non-hydrogen) atoms. The number of nitrogens with one attached hydrogen (secondary N) is 1. The van der Waals surface area contributed by atoms with E-state index in [2.05, 4.69) is 16.5 Å². The highest BCUT2D eigenvalue weighted by atomic mass is 32.2. The first-order valence-corrected chi connectivity index (χ1v) is 4.10. The maximum Gasteiger partial charge on any atom is 0.0861 e. The van der Waals surface area contributed by atoms with Gasteiger partial charge in [-0.25, -0.2) is 0 Å². The van der Waals surface area contributed by atoms with Crippen molar-refractivity contribution in [3.8, 4) is 0 Å². The minimum absolute atomic E-state index is 0.396. The third kappa shape index (κ3) is 0.968. The minimum atomic E-state index is 0.396. The van der Waals surface area contributed by atoms with Crippen LogP contribution in [-0.4, -0.2) is 17.5 Å². The predicted molar refractivity (Wildman–Crippen MR) is 43.7 cm³/mol. The van der Waals surface area contributed by atoms with Crippen molar-refractivity contribution < 1.29 is 0 Å².